The van der Waals surface area contributed by atoms with Crippen molar-refractivity contribution in [2.45, 2.75) is 239 Å². The van der Waals surface area contributed by atoms with Crippen LogP contribution < -0.4 is 5.32 Å². The monoisotopic (exact) mass is 1180 g/mol. The smallest absolute Gasteiger partial charge is 0.408 e. The lowest BCUT2D eigenvalue weighted by molar-refractivity contribution is -0.305. The second kappa shape index (κ2) is 31.1. The average Bonchev–Trinajstić information content (AvgIpc) is 3.21. The summed E-state index contributed by atoms with van der Waals surface area (Å²) in [6.45, 7) is 27.4. The molecule has 1 aromatic carbocycles. The van der Waals surface area contributed by atoms with Gasteiger partial charge in [0.25, 0.3) is 0 Å². The van der Waals surface area contributed by atoms with Gasteiger partial charge in [-0.2, -0.15) is 0 Å². The number of hydrogen-bond donors (Lipinski definition) is 4. The number of benzene rings is 1. The first-order valence-corrected chi connectivity index (χ1v) is 29.7. The molecule has 0 aliphatic carbocycles. The van der Waals surface area contributed by atoms with Gasteiger partial charge in [0.05, 0.1) is 60.3 Å². The number of amides is 1. The molecule has 0 saturated carbocycles. The zero-order valence-corrected chi connectivity index (χ0v) is 52.5. The van der Waals surface area contributed by atoms with Crippen molar-refractivity contribution < 1.29 is 91.4 Å². The maximum Gasteiger partial charge on any atom is 0.408 e. The number of carbonyl (C=O) groups excluding carboxylic acids is 4. The molecule has 4 heterocycles. The van der Waals surface area contributed by atoms with Gasteiger partial charge >= 0.3 is 18.0 Å². The van der Waals surface area contributed by atoms with E-state index in [1.807, 2.05) is 71.9 Å². The molecule has 0 radical (unpaired) electrons. The normalized spacial score (nSPS) is 38.4. The summed E-state index contributed by atoms with van der Waals surface area (Å²) in [7, 11) is 4.27. The number of ether oxygens (including phenoxy) is 11. The van der Waals surface area contributed by atoms with Crippen molar-refractivity contribution in [3.8, 4) is 0 Å². The topological polar surface area (TPSA) is 267 Å². The number of alkyl carbamates (subject to hydrolysis) is 1. The summed E-state index contributed by atoms with van der Waals surface area (Å²) >= 11 is 0. The van der Waals surface area contributed by atoms with Crippen LogP contribution in [0, 0.1) is 41.4 Å². The van der Waals surface area contributed by atoms with E-state index in [1.165, 1.54) is 28.3 Å². The lowest BCUT2D eigenvalue weighted by Crippen LogP contribution is -2.59. The number of aliphatic hydroxyl groups is 3. The van der Waals surface area contributed by atoms with E-state index in [-0.39, 0.29) is 50.1 Å². The van der Waals surface area contributed by atoms with Crippen molar-refractivity contribution in [2.24, 2.45) is 46.6 Å². The van der Waals surface area contributed by atoms with Crippen LogP contribution in [-0.4, -0.2) is 194 Å². The van der Waals surface area contributed by atoms with Gasteiger partial charge in [0, 0.05) is 76.9 Å². The Balaban J connectivity index is 1.71. The van der Waals surface area contributed by atoms with Gasteiger partial charge in [-0.05, 0) is 79.2 Å². The quantitative estimate of drug-likeness (QED) is 0.0668. The van der Waals surface area contributed by atoms with Gasteiger partial charge in [-0.3, -0.25) is 19.3 Å². The fourth-order valence-corrected chi connectivity index (χ4v) is 12.4. The molecule has 0 spiro atoms. The van der Waals surface area contributed by atoms with Gasteiger partial charge in [-0.25, -0.2) is 4.79 Å². The number of hydrogen-bond acceptors (Lipinski definition) is 21. The minimum Gasteiger partial charge on any atom is -0.461 e. The second-order valence-electron chi connectivity index (χ2n) is 25.3. The molecule has 4 N–H and O–H groups in total. The number of nitrogens with zero attached hydrogens (tertiary/aromatic N) is 2. The molecule has 4 aliphatic rings. The Hall–Kier alpha value is -3.91. The highest BCUT2D eigenvalue weighted by Crippen LogP contribution is 2.41. The lowest BCUT2D eigenvalue weighted by atomic mass is 9.74. The molecular formula is C61H101N3O19. The Morgan fingerprint density at radius 2 is 1.49 bits per heavy atom. The fourth-order valence-electron chi connectivity index (χ4n) is 12.4. The number of carbonyl (C=O) groups is 4. The summed E-state index contributed by atoms with van der Waals surface area (Å²) in [5, 5.41) is 40.7. The summed E-state index contributed by atoms with van der Waals surface area (Å²) in [4.78, 5) is 67.0. The first-order valence-electron chi connectivity index (χ1n) is 29.7. The predicted octanol–water partition coefficient (Wildman–Crippen LogP) is 6.35. The number of β-amino-alcohol motifs (C(OH)–C–C–N with tert-alkyl or cyclic N) is 1. The van der Waals surface area contributed by atoms with E-state index in [9.17, 15) is 24.9 Å². The molecule has 22 atom stereocenters. The number of cyclic esters (lactones) is 1. The number of ketones is 1. The van der Waals surface area contributed by atoms with Gasteiger partial charge in [0.2, 0.25) is 0 Å². The number of nitrogens with one attached hydrogen (secondary N) is 1. The van der Waals surface area contributed by atoms with Gasteiger partial charge in [-0.15, -0.1) is 0 Å². The van der Waals surface area contributed by atoms with E-state index in [0.29, 0.717) is 19.5 Å². The Morgan fingerprint density at radius 3 is 2.11 bits per heavy atom. The highest BCUT2D eigenvalue weighted by atomic mass is 16.7. The van der Waals surface area contributed by atoms with Crippen LogP contribution >= 0.6 is 0 Å². The minimum atomic E-state index is -1.98. The van der Waals surface area contributed by atoms with Crippen molar-refractivity contribution in [1.29, 1.82) is 0 Å². The number of methoxy groups -OCH3 is 2. The van der Waals surface area contributed by atoms with Crippen LogP contribution in [0.15, 0.2) is 35.5 Å². The molecule has 4 saturated heterocycles. The molecule has 4 fully saturated rings. The van der Waals surface area contributed by atoms with E-state index in [0.717, 1.165) is 5.56 Å². The third-order valence-corrected chi connectivity index (χ3v) is 16.6. The Kier molecular flexibility index (Phi) is 26.2. The van der Waals surface area contributed by atoms with E-state index >= 15 is 9.59 Å². The van der Waals surface area contributed by atoms with Crippen LogP contribution in [0.3, 0.4) is 0 Å². The molecule has 0 bridgehead atoms. The van der Waals surface area contributed by atoms with E-state index < -0.39 is 157 Å². The van der Waals surface area contributed by atoms with Gasteiger partial charge in [0.15, 0.2) is 30.3 Å². The van der Waals surface area contributed by atoms with Crippen LogP contribution in [0.4, 0.5) is 4.79 Å². The van der Waals surface area contributed by atoms with Crippen LogP contribution in [0.2, 0.25) is 0 Å². The third-order valence-electron chi connectivity index (χ3n) is 16.6. The summed E-state index contributed by atoms with van der Waals surface area (Å²) in [5.74, 6) is -7.65. The van der Waals surface area contributed by atoms with E-state index in [4.69, 9.17) is 56.9 Å². The molecule has 0 unspecified atom stereocenters. The van der Waals surface area contributed by atoms with Gasteiger partial charge < -0.3 is 77.6 Å². The van der Waals surface area contributed by atoms with Crippen molar-refractivity contribution in [1.82, 2.24) is 10.2 Å². The SMILES string of the molecule is CON=C1C[C@@H](C)O[C@@H](O[C@@H]2[C@@H](C)[C@H](O[C@H]3C[C@H](C)N(CC(C)(C)O)C[C@H](C)O3)[C@@H](C)C(=O)O[C@H]([C@@H](C)CO[C@@H]3O[C@H](C)[C@@H](O)[C@@H](OC)[C@H]3OC)[C@H](C)[C@@H](OC(=O)CC(C)C)[C@@H](C)C(=O)[C@@](C)(OC(=O)NCc3ccccc3)C[C@@H]2C)[C@@H]1O. The number of aliphatic hydroxyl groups excluding tert-OH is 2. The summed E-state index contributed by atoms with van der Waals surface area (Å²) in [5.41, 5.74) is -1.95. The zero-order chi connectivity index (χ0) is 61.8. The molecule has 5 rings (SSSR count). The molecule has 83 heavy (non-hydrogen) atoms. The van der Waals surface area contributed by atoms with Crippen LogP contribution in [0.25, 0.3) is 0 Å². The molecule has 4 aliphatic heterocycles. The Labute approximate surface area is 492 Å². The number of Topliss-reactive ketones (excluding diaryl/α,β-unsaturated/α-hetero) is 1. The average molecular weight is 1180 g/mol. The Morgan fingerprint density at radius 1 is 0.831 bits per heavy atom. The van der Waals surface area contributed by atoms with E-state index in [1.54, 1.807) is 55.4 Å². The summed E-state index contributed by atoms with van der Waals surface area (Å²) < 4.78 is 70.7. The number of esters is 2. The van der Waals surface area contributed by atoms with Gasteiger partial charge in [0.1, 0.15) is 43.7 Å². The second-order valence-corrected chi connectivity index (χ2v) is 25.3. The first kappa shape index (κ1) is 69.9. The van der Waals surface area contributed by atoms with Crippen molar-refractivity contribution >= 4 is 29.5 Å². The van der Waals surface area contributed by atoms with Gasteiger partial charge in [-0.1, -0.05) is 84.0 Å². The molecular weight excluding hydrogens is 1080 g/mol. The largest absolute Gasteiger partial charge is 0.461 e. The maximum absolute atomic E-state index is 15.9. The molecule has 22 nitrogen and oxygen atoms in total. The molecule has 22 heteroatoms. The standard InChI is InChI=1S/C61H101N3O19/c1-32(2)24-45(65)79-51-39(9)50(34(4)30-75-58-54(73-17)53(72-16)47(66)42(12)78-58)81-56(69)41(11)52(80-46-25-35(5)64(29-37(7)76-46)31-60(13,14)71)38(8)49(82-57-48(67)44(63-74-18)26-36(6)77-57)33(3)27-61(15,55(68)40(51)10)83-59(70)62-28-43-22-20-19-21-23-43/h19-23,32-42,46-54,57-58,66-67,71H,24-31H2,1-18H3,(H,62,70)/t33-,34-,35-,36+,37-,38+,39-,40+,41+,42+,46-,47+,48+,49-,50+,51+,52-,53+,54+,57-,58+,61-/m0/s1. The van der Waals surface area contributed by atoms with Crippen LogP contribution in [-0.2, 0) is 77.9 Å². The minimum absolute atomic E-state index is 0.00443. The molecule has 0 aromatic heterocycles. The van der Waals surface area contributed by atoms with Crippen molar-refractivity contribution in [3.63, 3.8) is 0 Å². The van der Waals surface area contributed by atoms with Crippen molar-refractivity contribution in [2.75, 3.05) is 41.0 Å². The fraction of sp³-hybridized carbons (Fsp3) is 0.820. The number of rotatable bonds is 19. The van der Waals surface area contributed by atoms with Crippen LogP contribution in [0.5, 0.6) is 0 Å². The van der Waals surface area contributed by atoms with Crippen molar-refractivity contribution in [3.05, 3.63) is 35.9 Å². The summed E-state index contributed by atoms with van der Waals surface area (Å²) in [6, 6.07) is 9.04. The zero-order valence-electron chi connectivity index (χ0n) is 52.5. The maximum atomic E-state index is 15.9. The molecule has 1 aromatic rings. The highest BCUT2D eigenvalue weighted by Gasteiger charge is 2.53. The molecule has 474 valence electrons. The number of oxime groups is 1. The van der Waals surface area contributed by atoms with Crippen LogP contribution in [0.1, 0.15) is 135 Å². The lowest BCUT2D eigenvalue weighted by Gasteiger charge is -2.45. The van der Waals surface area contributed by atoms with E-state index in [2.05, 4.69) is 15.4 Å². The first-order chi connectivity index (χ1) is 38.9. The molecule has 1 amide bonds. The Bertz CT molecular complexity index is 2240. The summed E-state index contributed by atoms with van der Waals surface area (Å²) in [6.07, 6.45) is -14.2. The third kappa shape index (κ3) is 19.0. The predicted molar refractivity (Wildman–Crippen MR) is 305 cm³/mol. The highest BCUT2D eigenvalue weighted by molar-refractivity contribution is 5.91.